The fraction of sp³-hybridized carbons (Fsp3) is 0.100. The van der Waals surface area contributed by atoms with Crippen molar-refractivity contribution in [2.75, 3.05) is 5.73 Å². The highest BCUT2D eigenvalue weighted by Gasteiger charge is 2.17. The first-order valence-corrected chi connectivity index (χ1v) is 3.90. The molecule has 2 N–H and O–H groups in total. The second-order valence-electron chi connectivity index (χ2n) is 2.81. The number of carbonyl (C=O) groups is 1. The second kappa shape index (κ2) is 3.57. The van der Waals surface area contributed by atoms with Crippen LogP contribution in [0, 0.1) is 11.6 Å². The van der Waals surface area contributed by atoms with Gasteiger partial charge in [0.15, 0.2) is 5.78 Å². The zero-order valence-electron chi connectivity index (χ0n) is 7.60. The first-order valence-electron chi connectivity index (χ1n) is 3.90. The van der Waals surface area contributed by atoms with Crippen molar-refractivity contribution in [1.29, 1.82) is 0 Å². The van der Waals surface area contributed by atoms with Crippen LogP contribution in [0.1, 0.15) is 22.8 Å². The molecule has 4 heteroatoms. The van der Waals surface area contributed by atoms with Crippen molar-refractivity contribution >= 4 is 17.5 Å². The number of hydrogen-bond acceptors (Lipinski definition) is 2. The lowest BCUT2D eigenvalue weighted by molar-refractivity contribution is 0.101. The number of Topliss-reactive ketones (excluding diaryl/α,β-unsaturated/α-hetero) is 1. The van der Waals surface area contributed by atoms with E-state index in [-0.39, 0.29) is 16.8 Å². The Labute approximate surface area is 80.0 Å². The molecule has 1 aromatic rings. The third-order valence-electron chi connectivity index (χ3n) is 1.84. The molecule has 0 aliphatic rings. The largest absolute Gasteiger partial charge is 0.398 e. The highest BCUT2D eigenvalue weighted by atomic mass is 19.1. The topological polar surface area (TPSA) is 43.1 Å². The molecule has 0 heterocycles. The fourth-order valence-corrected chi connectivity index (χ4v) is 1.20. The van der Waals surface area contributed by atoms with Crippen molar-refractivity contribution in [1.82, 2.24) is 0 Å². The molecule has 0 atom stereocenters. The molecule has 0 bridgehead atoms. The number of ketones is 1. The maximum atomic E-state index is 13.4. The molecule has 0 aliphatic carbocycles. The molecule has 0 spiro atoms. The van der Waals surface area contributed by atoms with E-state index in [1.54, 1.807) is 0 Å². The molecule has 0 saturated heterocycles. The van der Waals surface area contributed by atoms with Gasteiger partial charge in [0.25, 0.3) is 0 Å². The van der Waals surface area contributed by atoms with Gasteiger partial charge in [0, 0.05) is 11.3 Å². The Kier molecular flexibility index (Phi) is 2.65. The number of benzene rings is 1. The summed E-state index contributed by atoms with van der Waals surface area (Å²) in [5, 5.41) is 0. The molecule has 0 aliphatic heterocycles. The molecule has 0 amide bonds. The van der Waals surface area contributed by atoms with Crippen LogP contribution in [0.25, 0.3) is 6.08 Å². The predicted molar refractivity (Wildman–Crippen MR) is 50.9 cm³/mol. The third-order valence-corrected chi connectivity index (χ3v) is 1.84. The molecular formula is C10H9F2NO. The van der Waals surface area contributed by atoms with Crippen molar-refractivity contribution in [3.05, 3.63) is 35.4 Å². The minimum atomic E-state index is -0.954. The smallest absolute Gasteiger partial charge is 0.164 e. The summed E-state index contributed by atoms with van der Waals surface area (Å²) in [7, 11) is 0. The highest BCUT2D eigenvalue weighted by molar-refractivity contribution is 6.00. The Morgan fingerprint density at radius 3 is 2.57 bits per heavy atom. The van der Waals surface area contributed by atoms with Crippen LogP contribution >= 0.6 is 0 Å². The van der Waals surface area contributed by atoms with E-state index >= 15 is 0 Å². The molecule has 1 rings (SSSR count). The molecule has 2 nitrogen and oxygen atoms in total. The molecule has 0 saturated carbocycles. The number of hydrogen-bond donors (Lipinski definition) is 1. The lowest BCUT2D eigenvalue weighted by Gasteiger charge is -2.07. The minimum Gasteiger partial charge on any atom is -0.398 e. The summed E-state index contributed by atoms with van der Waals surface area (Å²) in [5.41, 5.74) is 4.50. The molecule has 0 unspecified atom stereocenters. The fourth-order valence-electron chi connectivity index (χ4n) is 1.20. The van der Waals surface area contributed by atoms with Gasteiger partial charge in [-0.05, 0) is 13.0 Å². The van der Waals surface area contributed by atoms with E-state index in [2.05, 4.69) is 6.58 Å². The van der Waals surface area contributed by atoms with Gasteiger partial charge in [0.2, 0.25) is 0 Å². The summed E-state index contributed by atoms with van der Waals surface area (Å²) in [6.45, 7) is 4.42. The standard InChI is InChI=1S/C10H9F2NO/c1-3-6-7(11)4-8(13)9(5(2)14)10(6)12/h3-4H,1,13H2,2H3. The van der Waals surface area contributed by atoms with Crippen LogP contribution in [0.4, 0.5) is 14.5 Å². The van der Waals surface area contributed by atoms with Crippen LogP contribution in [0.3, 0.4) is 0 Å². The van der Waals surface area contributed by atoms with Gasteiger partial charge in [-0.3, -0.25) is 4.79 Å². The molecule has 0 aromatic heterocycles. The number of carbonyl (C=O) groups excluding carboxylic acids is 1. The monoisotopic (exact) mass is 197 g/mol. The van der Waals surface area contributed by atoms with Crippen LogP contribution in [0.5, 0.6) is 0 Å². The van der Waals surface area contributed by atoms with E-state index in [9.17, 15) is 13.6 Å². The maximum Gasteiger partial charge on any atom is 0.164 e. The van der Waals surface area contributed by atoms with Crippen LogP contribution < -0.4 is 5.73 Å². The Morgan fingerprint density at radius 1 is 1.57 bits per heavy atom. The molecule has 14 heavy (non-hydrogen) atoms. The van der Waals surface area contributed by atoms with Gasteiger partial charge < -0.3 is 5.73 Å². The quantitative estimate of drug-likeness (QED) is 0.584. The Bertz CT molecular complexity index is 413. The summed E-state index contributed by atoms with van der Waals surface area (Å²) in [5.74, 6) is -2.31. The first kappa shape index (κ1) is 10.4. The van der Waals surface area contributed by atoms with E-state index in [0.717, 1.165) is 12.1 Å². The number of halogens is 2. The van der Waals surface area contributed by atoms with Gasteiger partial charge >= 0.3 is 0 Å². The lowest BCUT2D eigenvalue weighted by atomic mass is 10.0. The van der Waals surface area contributed by atoms with Crippen LogP contribution in [0.15, 0.2) is 12.6 Å². The number of rotatable bonds is 2. The van der Waals surface area contributed by atoms with Crippen LogP contribution in [-0.2, 0) is 0 Å². The summed E-state index contributed by atoms with van der Waals surface area (Å²) >= 11 is 0. The molecule has 0 fully saturated rings. The molecular weight excluding hydrogens is 188 g/mol. The number of nitrogens with two attached hydrogens (primary N) is 1. The zero-order chi connectivity index (χ0) is 10.9. The average Bonchev–Trinajstić information content (AvgIpc) is 2.02. The van der Waals surface area contributed by atoms with Crippen molar-refractivity contribution in [2.24, 2.45) is 0 Å². The van der Waals surface area contributed by atoms with E-state index in [4.69, 9.17) is 5.73 Å². The van der Waals surface area contributed by atoms with Crippen LogP contribution in [-0.4, -0.2) is 5.78 Å². The van der Waals surface area contributed by atoms with Crippen molar-refractivity contribution in [3.8, 4) is 0 Å². The van der Waals surface area contributed by atoms with Gasteiger partial charge in [-0.1, -0.05) is 12.7 Å². The van der Waals surface area contributed by atoms with Crippen LogP contribution in [0.2, 0.25) is 0 Å². The van der Waals surface area contributed by atoms with Gasteiger partial charge in [-0.15, -0.1) is 0 Å². The van der Waals surface area contributed by atoms with E-state index < -0.39 is 17.4 Å². The number of nitrogen functional groups attached to an aromatic ring is 1. The van der Waals surface area contributed by atoms with E-state index in [1.807, 2.05) is 0 Å². The highest BCUT2D eigenvalue weighted by Crippen LogP contribution is 2.24. The molecule has 74 valence electrons. The van der Waals surface area contributed by atoms with Crippen molar-refractivity contribution in [3.63, 3.8) is 0 Å². The minimum absolute atomic E-state index is 0.196. The van der Waals surface area contributed by atoms with E-state index in [0.29, 0.717) is 0 Å². The average molecular weight is 197 g/mol. The Hall–Kier alpha value is -1.71. The van der Waals surface area contributed by atoms with Gasteiger partial charge in [-0.2, -0.15) is 0 Å². The molecule has 1 aromatic carbocycles. The molecule has 0 radical (unpaired) electrons. The SMILES string of the molecule is C=Cc1c(F)cc(N)c(C(C)=O)c1F. The van der Waals surface area contributed by atoms with Crippen molar-refractivity contribution in [2.45, 2.75) is 6.92 Å². The Balaban J connectivity index is 3.60. The Morgan fingerprint density at radius 2 is 2.14 bits per heavy atom. The lowest BCUT2D eigenvalue weighted by Crippen LogP contribution is -2.06. The normalized spacial score (nSPS) is 9.93. The summed E-state index contributed by atoms with van der Waals surface area (Å²) in [6.07, 6.45) is 1.01. The van der Waals surface area contributed by atoms with Gasteiger partial charge in [0.1, 0.15) is 11.6 Å². The van der Waals surface area contributed by atoms with Gasteiger partial charge in [0.05, 0.1) is 5.56 Å². The second-order valence-corrected chi connectivity index (χ2v) is 2.81. The third kappa shape index (κ3) is 1.51. The first-order chi connectivity index (χ1) is 6.49. The number of anilines is 1. The summed E-state index contributed by atoms with van der Waals surface area (Å²) < 4.78 is 26.5. The zero-order valence-corrected chi connectivity index (χ0v) is 7.60. The van der Waals surface area contributed by atoms with Crippen molar-refractivity contribution < 1.29 is 13.6 Å². The summed E-state index contributed by atoms with van der Waals surface area (Å²) in [4.78, 5) is 11.0. The predicted octanol–water partition coefficient (Wildman–Crippen LogP) is 2.39. The van der Waals surface area contributed by atoms with Gasteiger partial charge in [-0.25, -0.2) is 8.78 Å². The maximum absolute atomic E-state index is 13.4. The summed E-state index contributed by atoms with van der Waals surface area (Å²) in [6, 6.07) is 0.914. The van der Waals surface area contributed by atoms with E-state index in [1.165, 1.54) is 6.92 Å².